The van der Waals surface area contributed by atoms with Crippen LogP contribution in [0.3, 0.4) is 0 Å². The van der Waals surface area contributed by atoms with Crippen LogP contribution >= 0.6 is 27.5 Å². The second-order valence-corrected chi connectivity index (χ2v) is 3.95. The smallest absolute Gasteiger partial charge is 0.319 e. The minimum absolute atomic E-state index is 0.215. The lowest BCUT2D eigenvalue weighted by Gasteiger charge is -2.20. The molecule has 2 amide bonds. The van der Waals surface area contributed by atoms with Gasteiger partial charge in [0.25, 0.3) is 0 Å². The molecule has 0 saturated carbocycles. The Labute approximate surface area is 88.6 Å². The van der Waals surface area contributed by atoms with Crippen molar-refractivity contribution in [1.29, 1.82) is 0 Å². The van der Waals surface area contributed by atoms with Gasteiger partial charge in [-0.2, -0.15) is 0 Å². The average Bonchev–Trinajstić information content (AvgIpc) is 2.12. The van der Waals surface area contributed by atoms with Crippen LogP contribution in [-0.4, -0.2) is 6.03 Å². The fraction of sp³-hybridized carbons (Fsp3) is 0.125. The Hall–Kier alpha value is -0.740. The van der Waals surface area contributed by atoms with E-state index < -0.39 is 0 Å². The van der Waals surface area contributed by atoms with Gasteiger partial charge in [-0.3, -0.25) is 0 Å². The monoisotopic (exact) mass is 260 g/mol. The summed E-state index contributed by atoms with van der Waals surface area (Å²) in [5.41, 5.74) is 1.67. The summed E-state index contributed by atoms with van der Waals surface area (Å²) in [5.74, 6) is 0. The molecule has 2 N–H and O–H groups in total. The van der Waals surface area contributed by atoms with E-state index in [0.717, 1.165) is 10.0 Å². The van der Waals surface area contributed by atoms with Crippen LogP contribution in [0.2, 0.25) is 5.02 Å². The maximum Gasteiger partial charge on any atom is 0.319 e. The summed E-state index contributed by atoms with van der Waals surface area (Å²) in [4.78, 5) is 11.0. The minimum Gasteiger partial charge on any atom is -0.334 e. The van der Waals surface area contributed by atoms with Gasteiger partial charge in [0.2, 0.25) is 0 Å². The average molecular weight is 262 g/mol. The molecule has 0 aromatic heterocycles. The highest BCUT2D eigenvalue weighted by Crippen LogP contribution is 2.33. The number of urea groups is 1. The second-order valence-electron chi connectivity index (χ2n) is 2.69. The van der Waals surface area contributed by atoms with Gasteiger partial charge in [-0.25, -0.2) is 4.79 Å². The zero-order valence-corrected chi connectivity index (χ0v) is 8.87. The lowest BCUT2D eigenvalue weighted by molar-refractivity contribution is 0.251. The minimum atomic E-state index is -0.215. The van der Waals surface area contributed by atoms with E-state index in [4.69, 9.17) is 11.6 Å². The number of fused-ring (bicyclic) bond motifs is 1. The zero-order valence-electron chi connectivity index (χ0n) is 6.53. The van der Waals surface area contributed by atoms with E-state index in [2.05, 4.69) is 26.6 Å². The summed E-state index contributed by atoms with van der Waals surface area (Å²) in [6.45, 7) is 0.502. The van der Waals surface area contributed by atoms with E-state index >= 15 is 0 Å². The van der Waals surface area contributed by atoms with E-state index in [0.29, 0.717) is 17.3 Å². The number of nitrogens with one attached hydrogen (secondary N) is 2. The van der Waals surface area contributed by atoms with Crippen LogP contribution in [0.1, 0.15) is 5.56 Å². The molecular formula is C8H6BrClN2O. The fourth-order valence-corrected chi connectivity index (χ4v) is 1.92. The van der Waals surface area contributed by atoms with Gasteiger partial charge in [0, 0.05) is 16.6 Å². The summed E-state index contributed by atoms with van der Waals surface area (Å²) < 4.78 is 0.944. The molecule has 3 nitrogen and oxygen atoms in total. The van der Waals surface area contributed by atoms with Crippen molar-refractivity contribution in [2.24, 2.45) is 0 Å². The number of hydrogen-bond donors (Lipinski definition) is 2. The molecule has 0 aliphatic carbocycles. The predicted molar refractivity (Wildman–Crippen MR) is 55.0 cm³/mol. The molecule has 68 valence electrons. The summed E-state index contributed by atoms with van der Waals surface area (Å²) in [6.07, 6.45) is 0. The number of carbonyl (C=O) groups is 1. The van der Waals surface area contributed by atoms with Gasteiger partial charge < -0.3 is 10.6 Å². The first-order chi connectivity index (χ1) is 6.18. The Balaban J connectivity index is 2.57. The summed E-state index contributed by atoms with van der Waals surface area (Å²) in [6, 6.07) is 3.39. The number of benzene rings is 1. The number of rotatable bonds is 0. The van der Waals surface area contributed by atoms with Crippen molar-refractivity contribution in [3.63, 3.8) is 0 Å². The van der Waals surface area contributed by atoms with Gasteiger partial charge in [-0.05, 0) is 12.1 Å². The third-order valence-electron chi connectivity index (χ3n) is 1.87. The number of halogens is 2. The molecule has 2 rings (SSSR count). The topological polar surface area (TPSA) is 41.1 Å². The normalized spacial score (nSPS) is 14.5. The highest BCUT2D eigenvalue weighted by atomic mass is 79.9. The molecule has 1 aliphatic rings. The first kappa shape index (κ1) is 8.84. The third kappa shape index (κ3) is 1.51. The van der Waals surface area contributed by atoms with Crippen molar-refractivity contribution in [1.82, 2.24) is 5.32 Å². The molecule has 5 heteroatoms. The molecule has 1 aliphatic heterocycles. The lowest BCUT2D eigenvalue weighted by Crippen LogP contribution is -2.33. The van der Waals surface area contributed by atoms with E-state index in [-0.39, 0.29) is 6.03 Å². The maximum atomic E-state index is 11.0. The molecule has 0 unspecified atom stereocenters. The number of carbonyl (C=O) groups excluding carboxylic acids is 1. The molecule has 0 saturated heterocycles. The van der Waals surface area contributed by atoms with Gasteiger partial charge in [0.05, 0.1) is 10.7 Å². The molecule has 1 heterocycles. The van der Waals surface area contributed by atoms with E-state index in [9.17, 15) is 4.79 Å². The molecule has 1 aromatic carbocycles. The van der Waals surface area contributed by atoms with Crippen molar-refractivity contribution in [2.75, 3.05) is 5.32 Å². The number of amides is 2. The Kier molecular flexibility index (Phi) is 2.17. The first-order valence-corrected chi connectivity index (χ1v) is 4.87. The third-order valence-corrected chi connectivity index (χ3v) is 2.93. The van der Waals surface area contributed by atoms with Crippen LogP contribution in [0.25, 0.3) is 0 Å². The Morgan fingerprint density at radius 3 is 3.00 bits per heavy atom. The van der Waals surface area contributed by atoms with Crippen molar-refractivity contribution in [2.45, 2.75) is 6.54 Å². The molecule has 1 aromatic rings. The van der Waals surface area contributed by atoms with Crippen molar-refractivity contribution >= 4 is 39.2 Å². The zero-order chi connectivity index (χ0) is 9.42. The van der Waals surface area contributed by atoms with Gasteiger partial charge >= 0.3 is 6.03 Å². The predicted octanol–water partition coefficient (Wildman–Crippen LogP) is 2.74. The molecule has 0 fully saturated rings. The van der Waals surface area contributed by atoms with E-state index in [1.54, 1.807) is 6.07 Å². The quantitative estimate of drug-likeness (QED) is 0.741. The summed E-state index contributed by atoms with van der Waals surface area (Å²) >= 11 is 9.30. The van der Waals surface area contributed by atoms with Crippen LogP contribution in [0.15, 0.2) is 16.6 Å². The van der Waals surface area contributed by atoms with Crippen LogP contribution < -0.4 is 10.6 Å². The standard InChI is InChI=1S/C8H6BrClN2O/c9-5-1-2-6(10)7-4(5)3-11-8(13)12-7/h1-2H,3H2,(H2,11,12,13). The van der Waals surface area contributed by atoms with Gasteiger partial charge in [0.15, 0.2) is 0 Å². The molecule has 0 atom stereocenters. The largest absolute Gasteiger partial charge is 0.334 e. The van der Waals surface area contributed by atoms with Crippen molar-refractivity contribution in [3.8, 4) is 0 Å². The SMILES string of the molecule is O=C1NCc2c(Br)ccc(Cl)c2N1. The van der Waals surface area contributed by atoms with E-state index in [1.807, 2.05) is 6.07 Å². The van der Waals surface area contributed by atoms with Crippen LogP contribution in [0.4, 0.5) is 10.5 Å². The van der Waals surface area contributed by atoms with Gasteiger partial charge in [-0.1, -0.05) is 27.5 Å². The number of hydrogen-bond acceptors (Lipinski definition) is 1. The lowest BCUT2D eigenvalue weighted by atomic mass is 10.1. The highest BCUT2D eigenvalue weighted by Gasteiger charge is 2.18. The molecular weight excluding hydrogens is 255 g/mol. The maximum absolute atomic E-state index is 11.0. The first-order valence-electron chi connectivity index (χ1n) is 3.70. The van der Waals surface area contributed by atoms with Crippen LogP contribution in [-0.2, 0) is 6.54 Å². The second kappa shape index (κ2) is 3.20. The van der Waals surface area contributed by atoms with E-state index in [1.165, 1.54) is 0 Å². The van der Waals surface area contributed by atoms with Gasteiger partial charge in [-0.15, -0.1) is 0 Å². The van der Waals surface area contributed by atoms with Crippen LogP contribution in [0, 0.1) is 0 Å². The van der Waals surface area contributed by atoms with Crippen molar-refractivity contribution in [3.05, 3.63) is 27.2 Å². The Morgan fingerprint density at radius 2 is 2.23 bits per heavy atom. The van der Waals surface area contributed by atoms with Crippen LogP contribution in [0.5, 0.6) is 0 Å². The summed E-state index contributed by atoms with van der Waals surface area (Å²) in [7, 11) is 0. The molecule has 0 spiro atoms. The Bertz CT molecular complexity index is 381. The Morgan fingerprint density at radius 1 is 1.46 bits per heavy atom. The fourth-order valence-electron chi connectivity index (χ4n) is 1.23. The molecule has 13 heavy (non-hydrogen) atoms. The van der Waals surface area contributed by atoms with Crippen molar-refractivity contribution < 1.29 is 4.79 Å². The number of anilines is 1. The molecule has 0 radical (unpaired) electrons. The summed E-state index contributed by atoms with van der Waals surface area (Å²) in [5, 5.41) is 5.89. The molecule has 0 bridgehead atoms. The highest BCUT2D eigenvalue weighted by molar-refractivity contribution is 9.10. The van der Waals surface area contributed by atoms with Gasteiger partial charge in [0.1, 0.15) is 0 Å².